The molecule has 1 aromatic heterocycles. The fourth-order valence-electron chi connectivity index (χ4n) is 1.56. The summed E-state index contributed by atoms with van der Waals surface area (Å²) in [5.74, 6) is 0.270. The number of hydrogen-bond donors (Lipinski definition) is 2. The molecule has 92 valence electrons. The Labute approximate surface area is 98.0 Å². The van der Waals surface area contributed by atoms with Gasteiger partial charge in [-0.3, -0.25) is 4.79 Å². The third-order valence-corrected chi connectivity index (χ3v) is 2.41. The molecule has 0 spiro atoms. The van der Waals surface area contributed by atoms with Crippen LogP contribution in [0.1, 0.15) is 10.5 Å². The molecule has 0 radical (unpaired) electrons. The Morgan fingerprint density at radius 1 is 1.59 bits per heavy atom. The zero-order valence-corrected chi connectivity index (χ0v) is 9.51. The number of nitrogens with zero attached hydrogens (tertiary/aromatic N) is 4. The van der Waals surface area contributed by atoms with Crippen molar-refractivity contribution in [1.29, 1.82) is 0 Å². The molecule has 17 heavy (non-hydrogen) atoms. The minimum atomic E-state index is -0.111. The molecule has 2 N–H and O–H groups in total. The van der Waals surface area contributed by atoms with Gasteiger partial charge in [-0.05, 0) is 0 Å². The summed E-state index contributed by atoms with van der Waals surface area (Å²) in [6.07, 6.45) is 1.45. The molecule has 8 heteroatoms. The lowest BCUT2D eigenvalue weighted by molar-refractivity contribution is 0.0300. The Morgan fingerprint density at radius 2 is 2.35 bits per heavy atom. The van der Waals surface area contributed by atoms with Gasteiger partial charge in [0.25, 0.3) is 5.91 Å². The Balaban J connectivity index is 2.09. The standard InChI is InChI=1S/C9H14N6O2/c1-10-14-13-8-7(11-6-12-8)9(16)15-2-4-17-5-3-15/h6H,2-5H2,1H3,(H,10,13)(H,11,12). The summed E-state index contributed by atoms with van der Waals surface area (Å²) in [7, 11) is 1.53. The largest absolute Gasteiger partial charge is 0.378 e. The lowest BCUT2D eigenvalue weighted by Crippen LogP contribution is -2.41. The van der Waals surface area contributed by atoms with Gasteiger partial charge < -0.3 is 14.6 Å². The van der Waals surface area contributed by atoms with Gasteiger partial charge in [0, 0.05) is 13.1 Å². The molecule has 8 nitrogen and oxygen atoms in total. The molecule has 1 amide bonds. The van der Waals surface area contributed by atoms with Crippen molar-refractivity contribution in [3.63, 3.8) is 0 Å². The monoisotopic (exact) mass is 238 g/mol. The third kappa shape index (κ3) is 2.59. The van der Waals surface area contributed by atoms with Crippen LogP contribution in [0.25, 0.3) is 0 Å². The number of anilines is 1. The third-order valence-electron chi connectivity index (χ3n) is 2.41. The number of carbonyl (C=O) groups excluding carboxylic acids is 1. The van der Waals surface area contributed by atoms with E-state index in [1.54, 1.807) is 4.90 Å². The van der Waals surface area contributed by atoms with E-state index >= 15 is 0 Å². The molecule has 1 saturated heterocycles. The van der Waals surface area contributed by atoms with Crippen molar-refractivity contribution in [3.05, 3.63) is 12.0 Å². The van der Waals surface area contributed by atoms with Crippen LogP contribution in [0.2, 0.25) is 0 Å². The first-order valence-electron chi connectivity index (χ1n) is 5.28. The van der Waals surface area contributed by atoms with E-state index in [1.807, 2.05) is 0 Å². The van der Waals surface area contributed by atoms with Crippen molar-refractivity contribution >= 4 is 11.7 Å². The highest BCUT2D eigenvalue weighted by molar-refractivity contribution is 5.96. The summed E-state index contributed by atoms with van der Waals surface area (Å²) in [4.78, 5) is 20.6. The van der Waals surface area contributed by atoms with Gasteiger partial charge in [0.15, 0.2) is 11.5 Å². The first-order chi connectivity index (χ1) is 8.33. The van der Waals surface area contributed by atoms with Gasteiger partial charge in [-0.25, -0.2) is 10.4 Å². The van der Waals surface area contributed by atoms with Gasteiger partial charge in [-0.15, -0.1) is 0 Å². The molecule has 1 aliphatic rings. The number of carbonyl (C=O) groups is 1. The summed E-state index contributed by atoms with van der Waals surface area (Å²) < 4.78 is 5.19. The van der Waals surface area contributed by atoms with Crippen LogP contribution in [0.15, 0.2) is 16.7 Å². The molecule has 1 aliphatic heterocycles. The van der Waals surface area contributed by atoms with Crippen LogP contribution in [0.4, 0.5) is 5.82 Å². The molecule has 0 aromatic carbocycles. The highest BCUT2D eigenvalue weighted by Gasteiger charge is 2.22. The number of aromatic nitrogens is 2. The molecule has 0 saturated carbocycles. The molecule has 1 fully saturated rings. The average molecular weight is 238 g/mol. The summed E-state index contributed by atoms with van der Waals surface area (Å²) in [5, 5.41) is 7.14. The van der Waals surface area contributed by atoms with Crippen LogP contribution < -0.4 is 5.43 Å². The summed E-state index contributed by atoms with van der Waals surface area (Å²) in [5.41, 5.74) is 2.99. The number of rotatable bonds is 3. The molecule has 0 bridgehead atoms. The zero-order chi connectivity index (χ0) is 12.1. The van der Waals surface area contributed by atoms with Crippen molar-refractivity contribution in [2.24, 2.45) is 10.3 Å². The number of ether oxygens (including phenoxy) is 1. The Bertz CT molecular complexity index is 409. The van der Waals surface area contributed by atoms with Gasteiger partial charge in [0.05, 0.1) is 26.6 Å². The highest BCUT2D eigenvalue weighted by Crippen LogP contribution is 2.13. The average Bonchev–Trinajstić information content (AvgIpc) is 2.84. The van der Waals surface area contributed by atoms with Gasteiger partial charge in [-0.2, -0.15) is 5.11 Å². The van der Waals surface area contributed by atoms with Crippen molar-refractivity contribution < 1.29 is 9.53 Å². The van der Waals surface area contributed by atoms with Crippen LogP contribution in [0.3, 0.4) is 0 Å². The fourth-order valence-corrected chi connectivity index (χ4v) is 1.56. The Hall–Kier alpha value is -1.96. The normalized spacial score (nSPS) is 16.4. The van der Waals surface area contributed by atoms with Crippen molar-refractivity contribution in [2.75, 3.05) is 38.8 Å². The number of hydrogen-bond acceptors (Lipinski definition) is 5. The molecule has 0 unspecified atom stereocenters. The molecular weight excluding hydrogens is 224 g/mol. The van der Waals surface area contributed by atoms with Gasteiger partial charge in [0.2, 0.25) is 0 Å². The number of nitrogens with one attached hydrogen (secondary N) is 2. The van der Waals surface area contributed by atoms with Crippen molar-refractivity contribution in [3.8, 4) is 0 Å². The first kappa shape index (κ1) is 11.5. The summed E-state index contributed by atoms with van der Waals surface area (Å²) in [6, 6.07) is 0. The van der Waals surface area contributed by atoms with E-state index in [9.17, 15) is 4.79 Å². The van der Waals surface area contributed by atoms with Crippen molar-refractivity contribution in [1.82, 2.24) is 14.9 Å². The maximum Gasteiger partial charge on any atom is 0.274 e. The predicted octanol–water partition coefficient (Wildman–Crippen LogP) is 0.291. The van der Waals surface area contributed by atoms with E-state index in [1.165, 1.54) is 13.4 Å². The van der Waals surface area contributed by atoms with Crippen LogP contribution in [-0.2, 0) is 4.74 Å². The second-order valence-electron chi connectivity index (χ2n) is 3.44. The van der Waals surface area contributed by atoms with Crippen LogP contribution >= 0.6 is 0 Å². The Morgan fingerprint density at radius 3 is 3.06 bits per heavy atom. The fraction of sp³-hybridized carbons (Fsp3) is 0.556. The molecular formula is C9H14N6O2. The van der Waals surface area contributed by atoms with Crippen LogP contribution in [0.5, 0.6) is 0 Å². The smallest absolute Gasteiger partial charge is 0.274 e. The van der Waals surface area contributed by atoms with Gasteiger partial charge in [-0.1, -0.05) is 5.22 Å². The maximum atomic E-state index is 12.1. The van der Waals surface area contributed by atoms with E-state index in [4.69, 9.17) is 4.74 Å². The SMILES string of the molecule is CN=NNc1nc[nH]c1C(=O)N1CCOCC1. The Kier molecular flexibility index (Phi) is 3.66. The second-order valence-corrected chi connectivity index (χ2v) is 3.44. The lowest BCUT2D eigenvalue weighted by atomic mass is 10.3. The van der Waals surface area contributed by atoms with Gasteiger partial charge >= 0.3 is 0 Å². The van der Waals surface area contributed by atoms with E-state index < -0.39 is 0 Å². The number of aromatic amines is 1. The van der Waals surface area contributed by atoms with Gasteiger partial charge in [0.1, 0.15) is 0 Å². The minimum absolute atomic E-state index is 0.111. The van der Waals surface area contributed by atoms with E-state index in [-0.39, 0.29) is 5.91 Å². The van der Waals surface area contributed by atoms with Crippen LogP contribution in [-0.4, -0.2) is 54.1 Å². The predicted molar refractivity (Wildman–Crippen MR) is 59.7 cm³/mol. The van der Waals surface area contributed by atoms with E-state index in [0.29, 0.717) is 37.8 Å². The molecule has 2 rings (SSSR count). The number of imidazole rings is 1. The zero-order valence-electron chi connectivity index (χ0n) is 9.51. The number of morpholine rings is 1. The summed E-state index contributed by atoms with van der Waals surface area (Å²) in [6.45, 7) is 2.31. The maximum absolute atomic E-state index is 12.1. The first-order valence-corrected chi connectivity index (χ1v) is 5.28. The summed E-state index contributed by atoms with van der Waals surface area (Å²) >= 11 is 0. The second kappa shape index (κ2) is 5.39. The number of amides is 1. The van der Waals surface area contributed by atoms with E-state index in [0.717, 1.165) is 0 Å². The molecule has 1 aromatic rings. The van der Waals surface area contributed by atoms with Crippen LogP contribution in [0, 0.1) is 0 Å². The number of H-pyrrole nitrogens is 1. The topological polar surface area (TPSA) is 95.0 Å². The highest BCUT2D eigenvalue weighted by atomic mass is 16.5. The molecule has 2 heterocycles. The van der Waals surface area contributed by atoms with Crippen molar-refractivity contribution in [2.45, 2.75) is 0 Å². The quantitative estimate of drug-likeness (QED) is 0.584. The molecule has 0 atom stereocenters. The minimum Gasteiger partial charge on any atom is -0.378 e. The molecule has 0 aliphatic carbocycles. The lowest BCUT2D eigenvalue weighted by Gasteiger charge is -2.26. The van der Waals surface area contributed by atoms with E-state index in [2.05, 4.69) is 25.7 Å².